The summed E-state index contributed by atoms with van der Waals surface area (Å²) in [6.45, 7) is -4.71. The maximum Gasteiger partial charge on any atom is 0.163 e. The highest BCUT2D eigenvalue weighted by molar-refractivity contribution is 9.10. The summed E-state index contributed by atoms with van der Waals surface area (Å²) >= 11 is 3.23. The Balaban J connectivity index is 1.58. The summed E-state index contributed by atoms with van der Waals surface area (Å²) < 4.78 is 58.9. The van der Waals surface area contributed by atoms with Gasteiger partial charge in [-0.05, 0) is 43.0 Å². The SMILES string of the molecule is [2H]C1([2H])CC(COc2cc3ncnc(Nc4ccc(Br)cc4F)c3cc2OC)CC([2H])([2H])N1CO. The van der Waals surface area contributed by atoms with Crippen molar-refractivity contribution >= 4 is 38.3 Å². The van der Waals surface area contributed by atoms with E-state index in [2.05, 4.69) is 31.2 Å². The standard InChI is InChI=1S/C22H24BrFN4O3/c1-30-20-9-16-19(10-21(20)31-11-14-4-6-28(13-29)7-5-14)25-12-26-22(16)27-18-3-2-15(23)8-17(18)24/h2-3,8-10,12,14,29H,4-7,11,13H2,1H3,(H,25,26,27)/i6D2,7D2. The average molecular weight is 495 g/mol. The van der Waals surface area contributed by atoms with E-state index in [-0.39, 0.29) is 25.1 Å². The average Bonchev–Trinajstić information content (AvgIpc) is 2.77. The second kappa shape index (κ2) is 9.76. The molecule has 0 atom stereocenters. The number of nitrogens with zero attached hydrogens (tertiary/aromatic N) is 3. The van der Waals surface area contributed by atoms with Crippen LogP contribution in [-0.4, -0.2) is 53.4 Å². The van der Waals surface area contributed by atoms with E-state index >= 15 is 0 Å². The molecule has 7 nitrogen and oxygen atoms in total. The summed E-state index contributed by atoms with van der Waals surface area (Å²) in [4.78, 5) is 9.32. The highest BCUT2D eigenvalue weighted by Crippen LogP contribution is 2.35. The van der Waals surface area contributed by atoms with E-state index in [0.717, 1.165) is 4.90 Å². The Kier molecular flexibility index (Phi) is 5.39. The van der Waals surface area contributed by atoms with Crippen LogP contribution in [0.25, 0.3) is 10.9 Å². The van der Waals surface area contributed by atoms with Crippen molar-refractivity contribution in [3.63, 3.8) is 0 Å². The third-order valence-corrected chi connectivity index (χ3v) is 5.36. The molecule has 9 heteroatoms. The number of methoxy groups -OCH3 is 1. The summed E-state index contributed by atoms with van der Waals surface area (Å²) in [6.07, 6.45) is 1.33. The van der Waals surface area contributed by atoms with Crippen LogP contribution in [0, 0.1) is 11.7 Å². The Morgan fingerprint density at radius 2 is 2.06 bits per heavy atom. The van der Waals surface area contributed by atoms with Crippen LogP contribution < -0.4 is 14.8 Å². The molecule has 164 valence electrons. The number of anilines is 2. The third kappa shape index (κ3) is 5.06. The first-order valence-corrected chi connectivity index (χ1v) is 10.4. The van der Waals surface area contributed by atoms with Crippen molar-refractivity contribution in [1.82, 2.24) is 14.9 Å². The van der Waals surface area contributed by atoms with Crippen molar-refractivity contribution < 1.29 is 24.5 Å². The lowest BCUT2D eigenvalue weighted by molar-refractivity contribution is 0.0619. The Bertz CT molecular complexity index is 1220. The minimum atomic E-state index is -2.02. The van der Waals surface area contributed by atoms with Gasteiger partial charge in [-0.3, -0.25) is 4.90 Å². The molecule has 1 aliphatic heterocycles. The van der Waals surface area contributed by atoms with Gasteiger partial charge in [0.25, 0.3) is 0 Å². The van der Waals surface area contributed by atoms with Gasteiger partial charge in [-0.2, -0.15) is 0 Å². The molecule has 1 aromatic heterocycles. The van der Waals surface area contributed by atoms with Crippen molar-refractivity contribution in [2.24, 2.45) is 5.92 Å². The minimum Gasteiger partial charge on any atom is -0.493 e. The number of fused-ring (bicyclic) bond motifs is 1. The van der Waals surface area contributed by atoms with Gasteiger partial charge in [0, 0.05) is 34.4 Å². The number of ether oxygens (including phenoxy) is 2. The maximum atomic E-state index is 14.3. The zero-order chi connectivity index (χ0) is 25.4. The number of rotatable bonds is 7. The van der Waals surface area contributed by atoms with Crippen LogP contribution in [0.15, 0.2) is 41.1 Å². The second-order valence-corrected chi connectivity index (χ2v) is 7.88. The fourth-order valence-electron chi connectivity index (χ4n) is 3.19. The Morgan fingerprint density at radius 3 is 2.77 bits per heavy atom. The van der Waals surface area contributed by atoms with Gasteiger partial charge in [0.1, 0.15) is 18.0 Å². The van der Waals surface area contributed by atoms with Crippen LogP contribution in [0.4, 0.5) is 15.9 Å². The summed E-state index contributed by atoms with van der Waals surface area (Å²) in [6, 6.07) is 7.94. The molecule has 0 spiro atoms. The monoisotopic (exact) mass is 494 g/mol. The molecule has 4 rings (SSSR count). The fourth-order valence-corrected chi connectivity index (χ4v) is 3.52. The highest BCUT2D eigenvalue weighted by Gasteiger charge is 2.20. The van der Waals surface area contributed by atoms with Gasteiger partial charge in [0.15, 0.2) is 11.5 Å². The molecule has 0 unspecified atom stereocenters. The Hall–Kier alpha value is -2.49. The largest absolute Gasteiger partial charge is 0.493 e. The number of aliphatic hydroxyl groups is 1. The number of hydrogen-bond donors (Lipinski definition) is 2. The van der Waals surface area contributed by atoms with Crippen molar-refractivity contribution in [2.45, 2.75) is 12.8 Å². The molecule has 3 aromatic rings. The minimum absolute atomic E-state index is 0.00202. The lowest BCUT2D eigenvalue weighted by Gasteiger charge is -2.30. The summed E-state index contributed by atoms with van der Waals surface area (Å²) in [5.74, 6) is 0.200. The zero-order valence-corrected chi connectivity index (χ0v) is 18.3. The predicted octanol–water partition coefficient (Wildman–Crippen LogP) is 4.32. The second-order valence-electron chi connectivity index (χ2n) is 6.96. The van der Waals surface area contributed by atoms with Crippen LogP contribution in [-0.2, 0) is 0 Å². The molecule has 1 saturated heterocycles. The number of aliphatic hydroxyl groups excluding tert-OH is 1. The molecular weight excluding hydrogens is 467 g/mol. The molecule has 0 radical (unpaired) electrons. The first kappa shape index (κ1) is 17.1. The fraction of sp³-hybridized carbons (Fsp3) is 0.364. The van der Waals surface area contributed by atoms with Crippen molar-refractivity contribution in [3.8, 4) is 11.5 Å². The number of halogens is 2. The molecule has 2 heterocycles. The van der Waals surface area contributed by atoms with Gasteiger partial charge < -0.3 is 19.9 Å². The molecule has 1 aliphatic rings. The number of benzene rings is 2. The van der Waals surface area contributed by atoms with Crippen LogP contribution in [0.2, 0.25) is 0 Å². The van der Waals surface area contributed by atoms with Gasteiger partial charge >= 0.3 is 0 Å². The van der Waals surface area contributed by atoms with E-state index < -0.39 is 31.5 Å². The van der Waals surface area contributed by atoms with Crippen molar-refractivity contribution in [3.05, 3.63) is 46.9 Å². The van der Waals surface area contributed by atoms with E-state index in [9.17, 15) is 9.50 Å². The first-order valence-electron chi connectivity index (χ1n) is 11.6. The number of aromatic nitrogens is 2. The zero-order valence-electron chi connectivity index (χ0n) is 20.7. The molecular formula is C22H24BrFN4O3. The molecule has 1 fully saturated rings. The van der Waals surface area contributed by atoms with Gasteiger partial charge in [-0.25, -0.2) is 14.4 Å². The molecule has 0 amide bonds. The number of likely N-dealkylation sites (tertiary alicyclic amines) is 1. The summed E-state index contributed by atoms with van der Waals surface area (Å²) in [5, 5.41) is 13.0. The van der Waals surface area contributed by atoms with Crippen LogP contribution in [0.1, 0.15) is 18.3 Å². The molecule has 2 N–H and O–H groups in total. The lowest BCUT2D eigenvalue weighted by Crippen LogP contribution is -2.36. The lowest BCUT2D eigenvalue weighted by atomic mass is 9.98. The van der Waals surface area contributed by atoms with E-state index in [0.29, 0.717) is 32.7 Å². The topological polar surface area (TPSA) is 79.7 Å². The number of hydrogen-bond acceptors (Lipinski definition) is 7. The molecule has 0 aliphatic carbocycles. The van der Waals surface area contributed by atoms with Gasteiger partial charge in [0.05, 0.1) is 31.7 Å². The number of nitrogens with one attached hydrogen (secondary N) is 1. The van der Waals surface area contributed by atoms with Crippen LogP contribution >= 0.6 is 15.9 Å². The van der Waals surface area contributed by atoms with Gasteiger partial charge in [0.2, 0.25) is 0 Å². The molecule has 31 heavy (non-hydrogen) atoms. The molecule has 2 aromatic carbocycles. The van der Waals surface area contributed by atoms with Gasteiger partial charge in [-0.1, -0.05) is 15.9 Å². The van der Waals surface area contributed by atoms with Crippen LogP contribution in [0.3, 0.4) is 0 Å². The summed E-state index contributed by atoms with van der Waals surface area (Å²) in [5.41, 5.74) is 0.752. The van der Waals surface area contributed by atoms with E-state index in [4.69, 9.17) is 15.0 Å². The van der Waals surface area contributed by atoms with Crippen LogP contribution in [0.5, 0.6) is 11.5 Å². The maximum absolute atomic E-state index is 14.3. The molecule has 0 bridgehead atoms. The van der Waals surface area contributed by atoms with Crippen molar-refractivity contribution in [2.75, 3.05) is 38.8 Å². The van der Waals surface area contributed by atoms with Crippen molar-refractivity contribution in [1.29, 1.82) is 0 Å². The normalized spacial score (nSPS) is 20.4. The number of piperidine rings is 1. The Morgan fingerprint density at radius 1 is 1.26 bits per heavy atom. The highest BCUT2D eigenvalue weighted by atomic mass is 79.9. The quantitative estimate of drug-likeness (QED) is 0.505. The third-order valence-electron chi connectivity index (χ3n) is 4.86. The smallest absolute Gasteiger partial charge is 0.163 e. The van der Waals surface area contributed by atoms with E-state index in [1.54, 1.807) is 24.3 Å². The summed E-state index contributed by atoms with van der Waals surface area (Å²) in [7, 11) is 1.47. The van der Waals surface area contributed by atoms with Gasteiger partial charge in [-0.15, -0.1) is 0 Å². The van der Waals surface area contributed by atoms with E-state index in [1.807, 2.05) is 0 Å². The first-order chi connectivity index (χ1) is 16.5. The molecule has 0 saturated carbocycles. The Labute approximate surface area is 194 Å². The predicted molar refractivity (Wildman–Crippen MR) is 120 cm³/mol. The van der Waals surface area contributed by atoms with E-state index in [1.165, 1.54) is 19.5 Å².